The van der Waals surface area contributed by atoms with Gasteiger partial charge in [-0.05, 0) is 37.3 Å². The quantitative estimate of drug-likeness (QED) is 0.714. The highest BCUT2D eigenvalue weighted by molar-refractivity contribution is 7.18. The van der Waals surface area contributed by atoms with Crippen LogP contribution in [0.4, 0.5) is 0 Å². The van der Waals surface area contributed by atoms with E-state index in [4.69, 9.17) is 0 Å². The third-order valence-corrected chi connectivity index (χ3v) is 4.93. The van der Waals surface area contributed by atoms with E-state index in [1.807, 2.05) is 0 Å². The van der Waals surface area contributed by atoms with E-state index in [2.05, 4.69) is 20.2 Å². The molecule has 4 rings (SSSR count). The van der Waals surface area contributed by atoms with Gasteiger partial charge in [0.1, 0.15) is 10.5 Å². The molecule has 0 fully saturated rings. The summed E-state index contributed by atoms with van der Waals surface area (Å²) in [5.41, 5.74) is 1.21. The van der Waals surface area contributed by atoms with Crippen LogP contribution in [-0.4, -0.2) is 20.2 Å². The van der Waals surface area contributed by atoms with Crippen LogP contribution in [0.3, 0.4) is 0 Å². The lowest BCUT2D eigenvalue weighted by atomic mass is 9.97. The molecule has 1 aliphatic carbocycles. The molecule has 3 aromatic heterocycles. The van der Waals surface area contributed by atoms with Crippen LogP contribution >= 0.6 is 11.3 Å². The minimum Gasteiger partial charge on any atom is -0.305 e. The number of aromatic amines is 2. The maximum atomic E-state index is 12.4. The van der Waals surface area contributed by atoms with E-state index in [-0.39, 0.29) is 11.1 Å². The Hall–Kier alpha value is -2.28. The van der Waals surface area contributed by atoms with E-state index in [1.54, 1.807) is 17.4 Å². The zero-order valence-corrected chi connectivity index (χ0v) is 11.9. The average molecular weight is 300 g/mol. The summed E-state index contributed by atoms with van der Waals surface area (Å²) in [7, 11) is 0. The van der Waals surface area contributed by atoms with Gasteiger partial charge in [0.05, 0.1) is 5.39 Å². The molecule has 3 heterocycles. The van der Waals surface area contributed by atoms with Crippen LogP contribution in [0, 0.1) is 0 Å². The molecule has 106 valence electrons. The van der Waals surface area contributed by atoms with Crippen molar-refractivity contribution in [1.82, 2.24) is 20.2 Å². The number of rotatable bonds is 1. The minimum absolute atomic E-state index is 0.123. The van der Waals surface area contributed by atoms with Crippen molar-refractivity contribution < 1.29 is 0 Å². The number of aryl methyl sites for hydroxylation is 2. The second-order valence-corrected chi connectivity index (χ2v) is 6.20. The number of fused-ring (bicyclic) bond motifs is 3. The Morgan fingerprint density at radius 2 is 2.00 bits per heavy atom. The van der Waals surface area contributed by atoms with Crippen molar-refractivity contribution >= 4 is 21.6 Å². The number of nitrogens with one attached hydrogen (secondary N) is 2. The van der Waals surface area contributed by atoms with E-state index in [0.717, 1.165) is 35.0 Å². The van der Waals surface area contributed by atoms with Crippen molar-refractivity contribution in [3.8, 4) is 11.5 Å². The van der Waals surface area contributed by atoms with Gasteiger partial charge in [-0.3, -0.25) is 9.59 Å². The first-order valence-corrected chi connectivity index (χ1v) is 7.65. The highest BCUT2D eigenvalue weighted by Gasteiger charge is 2.20. The number of H-pyrrole nitrogens is 2. The van der Waals surface area contributed by atoms with Gasteiger partial charge in [0, 0.05) is 10.9 Å². The first-order valence-electron chi connectivity index (χ1n) is 6.83. The van der Waals surface area contributed by atoms with Crippen LogP contribution in [0.2, 0.25) is 0 Å². The summed E-state index contributed by atoms with van der Waals surface area (Å²) >= 11 is 1.60. The molecule has 1 aliphatic rings. The molecule has 0 atom stereocenters. The third-order valence-electron chi connectivity index (χ3n) is 3.75. The van der Waals surface area contributed by atoms with E-state index in [9.17, 15) is 9.59 Å². The summed E-state index contributed by atoms with van der Waals surface area (Å²) in [6.07, 6.45) is 4.28. The Balaban J connectivity index is 1.95. The molecule has 7 heteroatoms. The van der Waals surface area contributed by atoms with Crippen molar-refractivity contribution in [3.05, 3.63) is 43.3 Å². The molecule has 3 aromatic rings. The van der Waals surface area contributed by atoms with E-state index >= 15 is 0 Å². The summed E-state index contributed by atoms with van der Waals surface area (Å²) in [5, 5.41) is 6.99. The molecule has 0 bridgehead atoms. The van der Waals surface area contributed by atoms with Crippen LogP contribution in [0.5, 0.6) is 0 Å². The summed E-state index contributed by atoms with van der Waals surface area (Å²) in [4.78, 5) is 32.8. The predicted octanol–water partition coefficient (Wildman–Crippen LogP) is 1.61. The Bertz CT molecular complexity index is 933. The van der Waals surface area contributed by atoms with Gasteiger partial charge in [-0.25, -0.2) is 10.1 Å². The topological polar surface area (TPSA) is 91.5 Å². The smallest absolute Gasteiger partial charge is 0.264 e. The van der Waals surface area contributed by atoms with Gasteiger partial charge in [0.2, 0.25) is 0 Å². The zero-order chi connectivity index (χ0) is 14.4. The van der Waals surface area contributed by atoms with Crippen molar-refractivity contribution in [2.24, 2.45) is 0 Å². The predicted molar refractivity (Wildman–Crippen MR) is 80.7 cm³/mol. The van der Waals surface area contributed by atoms with E-state index in [0.29, 0.717) is 11.5 Å². The summed E-state index contributed by atoms with van der Waals surface area (Å²) in [6, 6.07) is 2.92. The summed E-state index contributed by atoms with van der Waals surface area (Å²) in [6.45, 7) is 0. The van der Waals surface area contributed by atoms with Gasteiger partial charge in [-0.15, -0.1) is 11.3 Å². The number of nitrogens with zero attached hydrogens (tertiary/aromatic N) is 2. The highest BCUT2D eigenvalue weighted by Crippen LogP contribution is 2.33. The molecule has 0 aromatic carbocycles. The monoisotopic (exact) mass is 300 g/mol. The van der Waals surface area contributed by atoms with Crippen LogP contribution in [0.15, 0.2) is 21.7 Å². The second kappa shape index (κ2) is 4.63. The van der Waals surface area contributed by atoms with Crippen LogP contribution < -0.4 is 11.1 Å². The van der Waals surface area contributed by atoms with Crippen molar-refractivity contribution in [2.45, 2.75) is 25.7 Å². The fourth-order valence-electron chi connectivity index (χ4n) is 2.76. The second-order valence-electron chi connectivity index (χ2n) is 5.11. The van der Waals surface area contributed by atoms with Crippen LogP contribution in [-0.2, 0) is 12.8 Å². The molecule has 0 saturated carbocycles. The number of thiophene rings is 1. The molecule has 2 N–H and O–H groups in total. The normalized spacial score (nSPS) is 14.3. The zero-order valence-electron chi connectivity index (χ0n) is 11.1. The van der Waals surface area contributed by atoms with Crippen LogP contribution in [0.25, 0.3) is 21.7 Å². The molecular weight excluding hydrogens is 288 g/mol. The molecule has 0 saturated heterocycles. The Labute approximate surface area is 122 Å². The molecule has 0 radical (unpaired) electrons. The number of hydrogen-bond donors (Lipinski definition) is 2. The van der Waals surface area contributed by atoms with E-state index in [1.165, 1.54) is 17.4 Å². The molecule has 0 unspecified atom stereocenters. The molecule has 0 aliphatic heterocycles. The lowest BCUT2D eigenvalue weighted by Crippen LogP contribution is -2.13. The van der Waals surface area contributed by atoms with E-state index < -0.39 is 0 Å². The van der Waals surface area contributed by atoms with Gasteiger partial charge in [0.25, 0.3) is 11.1 Å². The summed E-state index contributed by atoms with van der Waals surface area (Å²) < 4.78 is 0. The van der Waals surface area contributed by atoms with Crippen molar-refractivity contribution in [2.75, 3.05) is 0 Å². The first-order chi connectivity index (χ1) is 10.2. The lowest BCUT2D eigenvalue weighted by molar-refractivity contribution is 0.700. The first kappa shape index (κ1) is 12.5. The fraction of sp³-hybridized carbons (Fsp3) is 0.286. The number of hydrogen-bond acceptors (Lipinski definition) is 5. The number of aromatic nitrogens is 4. The van der Waals surface area contributed by atoms with Gasteiger partial charge in [-0.2, -0.15) is 5.10 Å². The molecule has 6 nitrogen and oxygen atoms in total. The fourth-order valence-corrected chi connectivity index (χ4v) is 4.02. The largest absolute Gasteiger partial charge is 0.305 e. The molecular formula is C14H12N4O2S. The maximum absolute atomic E-state index is 12.4. The van der Waals surface area contributed by atoms with Crippen molar-refractivity contribution in [1.29, 1.82) is 0 Å². The van der Waals surface area contributed by atoms with Crippen molar-refractivity contribution in [3.63, 3.8) is 0 Å². The molecule has 21 heavy (non-hydrogen) atoms. The minimum atomic E-state index is -0.284. The summed E-state index contributed by atoms with van der Waals surface area (Å²) in [5.74, 6) is 0.391. The van der Waals surface area contributed by atoms with Gasteiger partial charge < -0.3 is 4.98 Å². The van der Waals surface area contributed by atoms with Crippen LogP contribution in [0.1, 0.15) is 23.3 Å². The Morgan fingerprint density at radius 3 is 2.81 bits per heavy atom. The third kappa shape index (κ3) is 2.01. The molecule has 0 spiro atoms. The maximum Gasteiger partial charge on any atom is 0.264 e. The molecule has 0 amide bonds. The average Bonchev–Trinajstić information content (AvgIpc) is 2.86. The highest BCUT2D eigenvalue weighted by atomic mass is 32.1. The van der Waals surface area contributed by atoms with Gasteiger partial charge >= 0.3 is 0 Å². The Morgan fingerprint density at radius 1 is 1.14 bits per heavy atom. The SMILES string of the molecule is O=c1ccc(-c2nc3sc4c(c3c(=O)[nH]2)CCCC4)n[nH]1. The lowest BCUT2D eigenvalue weighted by Gasteiger charge is -2.09. The Kier molecular flexibility index (Phi) is 2.75. The standard InChI is InChI=1S/C14H12N4O2S/c19-10-6-5-8(17-18-10)12-15-13(20)11-7-3-1-2-4-9(7)21-14(11)16-12/h5-6H,1-4H2,(H,18,19)(H,15,16,20). The van der Waals surface area contributed by atoms with Gasteiger partial charge in [0.15, 0.2) is 5.82 Å². The van der Waals surface area contributed by atoms with Gasteiger partial charge in [-0.1, -0.05) is 0 Å².